The maximum absolute atomic E-state index is 13.2. The van der Waals surface area contributed by atoms with E-state index in [9.17, 15) is 9.59 Å². The van der Waals surface area contributed by atoms with Gasteiger partial charge in [0, 0.05) is 35.0 Å². The first-order valence-corrected chi connectivity index (χ1v) is 17.2. The van der Waals surface area contributed by atoms with Gasteiger partial charge >= 0.3 is 6.09 Å². The van der Waals surface area contributed by atoms with Gasteiger partial charge in [0.05, 0.1) is 63.4 Å². The molecule has 50 heavy (non-hydrogen) atoms. The Morgan fingerprint density at radius 1 is 0.800 bits per heavy atom. The van der Waals surface area contributed by atoms with Gasteiger partial charge in [-0.05, 0) is 57.2 Å². The Kier molecular flexibility index (Phi) is 15.6. The zero-order chi connectivity index (χ0) is 36.8. The zero-order valence-corrected chi connectivity index (χ0v) is 31.0. The van der Waals surface area contributed by atoms with Crippen LogP contribution in [0.2, 0.25) is 5.02 Å². The van der Waals surface area contributed by atoms with E-state index < -0.39 is 11.7 Å². The Bertz CT molecular complexity index is 1400. The number of hydrogen-bond donors (Lipinski definition) is 2. The number of alkyl carbamates (subject to hydrolysis) is 1. The minimum Gasteiger partial charge on any atom is -0.491 e. The number of carbonyl (C=O) groups is 2. The lowest BCUT2D eigenvalue weighted by Crippen LogP contribution is -2.74. The molecule has 1 aliphatic carbocycles. The predicted octanol–water partition coefficient (Wildman–Crippen LogP) is 5.79. The van der Waals surface area contributed by atoms with Crippen LogP contribution in [0.25, 0.3) is 0 Å². The van der Waals surface area contributed by atoms with E-state index in [2.05, 4.69) is 44.4 Å². The summed E-state index contributed by atoms with van der Waals surface area (Å²) < 4.78 is 39.1. The first-order chi connectivity index (χ1) is 23.6. The van der Waals surface area contributed by atoms with Crippen molar-refractivity contribution < 1.29 is 42.7 Å². The molecule has 0 bridgehead atoms. The number of nitrogens with one attached hydrogen (secondary N) is 2. The van der Waals surface area contributed by atoms with Gasteiger partial charge in [0.2, 0.25) is 0 Å². The second-order valence-corrected chi connectivity index (χ2v) is 14.5. The summed E-state index contributed by atoms with van der Waals surface area (Å²) in [4.78, 5) is 24.7. The molecular weight excluding hydrogens is 666 g/mol. The summed E-state index contributed by atoms with van der Waals surface area (Å²) in [6, 6.07) is 14.0. The molecule has 0 aliphatic heterocycles. The molecule has 1 aliphatic rings. The number of amides is 2. The molecule has 1 fully saturated rings. The van der Waals surface area contributed by atoms with Crippen molar-refractivity contribution in [3.63, 3.8) is 0 Å². The van der Waals surface area contributed by atoms with Crippen molar-refractivity contribution in [2.24, 2.45) is 10.8 Å². The number of nitrogens with zero attached hydrogens (tertiary/aromatic N) is 1. The van der Waals surface area contributed by atoms with Gasteiger partial charge in [-0.2, -0.15) is 5.26 Å². The summed E-state index contributed by atoms with van der Waals surface area (Å²) >= 11 is 6.20. The van der Waals surface area contributed by atoms with E-state index in [4.69, 9.17) is 50.0 Å². The summed E-state index contributed by atoms with van der Waals surface area (Å²) in [6.07, 6.45) is -0.651. The highest BCUT2D eigenvalue weighted by Gasteiger charge is 2.64. The maximum atomic E-state index is 13.2. The molecule has 0 aromatic heterocycles. The predicted molar refractivity (Wildman–Crippen MR) is 189 cm³/mol. The van der Waals surface area contributed by atoms with Gasteiger partial charge in [-0.15, -0.1) is 0 Å². The molecule has 0 saturated heterocycles. The molecule has 2 aromatic carbocycles. The second-order valence-electron chi connectivity index (χ2n) is 14.1. The zero-order valence-electron chi connectivity index (χ0n) is 30.3. The van der Waals surface area contributed by atoms with Gasteiger partial charge in [0.15, 0.2) is 0 Å². The molecule has 2 amide bonds. The van der Waals surface area contributed by atoms with E-state index in [1.165, 1.54) is 0 Å². The number of rotatable bonds is 20. The largest absolute Gasteiger partial charge is 0.491 e. The van der Waals surface area contributed by atoms with Crippen LogP contribution in [0.3, 0.4) is 0 Å². The average molecular weight is 718 g/mol. The smallest absolute Gasteiger partial charge is 0.407 e. The molecule has 12 nitrogen and oxygen atoms in total. The first-order valence-electron chi connectivity index (χ1n) is 16.8. The van der Waals surface area contributed by atoms with Gasteiger partial charge in [0.1, 0.15) is 35.9 Å². The number of nitriles is 1. The van der Waals surface area contributed by atoms with Crippen LogP contribution in [-0.4, -0.2) is 95.8 Å². The summed E-state index contributed by atoms with van der Waals surface area (Å²) in [5, 5.41) is 15.3. The summed E-state index contributed by atoms with van der Waals surface area (Å²) in [6.45, 7) is 17.8. The van der Waals surface area contributed by atoms with Crippen LogP contribution in [0.15, 0.2) is 42.5 Å². The molecule has 0 heterocycles. The fourth-order valence-electron chi connectivity index (χ4n) is 6.03. The van der Waals surface area contributed by atoms with Crippen molar-refractivity contribution in [3.8, 4) is 17.6 Å². The molecule has 2 aromatic rings. The van der Waals surface area contributed by atoms with Crippen molar-refractivity contribution in [2.75, 3.05) is 66.0 Å². The second kappa shape index (κ2) is 19.1. The highest BCUT2D eigenvalue weighted by Crippen LogP contribution is 2.55. The lowest BCUT2D eigenvalue weighted by atomic mass is 9.49. The van der Waals surface area contributed by atoms with Crippen LogP contribution in [0.4, 0.5) is 4.79 Å². The number of halogens is 1. The minimum absolute atomic E-state index is 0.141. The lowest BCUT2D eigenvalue weighted by Gasteiger charge is -2.63. The molecule has 13 heteroatoms. The molecule has 1 saturated carbocycles. The standard InChI is InChI=1S/C37H52ClN3O9/c1-35(2,3)50-34(43)40-14-15-44-16-17-45-18-19-46-20-21-47-22-23-48-28-11-8-26(9-12-28)31(42)41-32-36(4,5)33(37(32,6)7)49-29-13-10-27(25-39)30(38)24-29/h8-13,24,32-33H,14-23H2,1-7H3,(H,40,43)(H,41,42). The highest BCUT2D eigenvalue weighted by atomic mass is 35.5. The number of carbonyl (C=O) groups excluding carboxylic acids is 2. The van der Waals surface area contributed by atoms with Crippen molar-refractivity contribution in [1.29, 1.82) is 5.26 Å². The third kappa shape index (κ3) is 12.6. The van der Waals surface area contributed by atoms with Crippen LogP contribution >= 0.6 is 11.6 Å². The van der Waals surface area contributed by atoms with Crippen LogP contribution < -0.4 is 20.1 Å². The molecule has 2 N–H and O–H groups in total. The fraction of sp³-hybridized carbons (Fsp3) is 0.595. The Balaban J connectivity index is 1.22. The van der Waals surface area contributed by atoms with Gasteiger partial charge in [-0.3, -0.25) is 4.79 Å². The number of hydrogen-bond acceptors (Lipinski definition) is 10. The number of benzene rings is 2. The summed E-state index contributed by atoms with van der Waals surface area (Å²) in [5.41, 5.74) is -0.317. The third-order valence-corrected chi connectivity index (χ3v) is 8.39. The van der Waals surface area contributed by atoms with E-state index in [1.54, 1.807) is 42.5 Å². The Hall–Kier alpha value is -3.60. The van der Waals surface area contributed by atoms with E-state index in [0.717, 1.165) is 0 Å². The minimum atomic E-state index is -0.525. The normalized spacial score (nSPS) is 17.6. The Labute approximate surface area is 301 Å². The molecule has 0 unspecified atom stereocenters. The van der Waals surface area contributed by atoms with Crippen molar-refractivity contribution in [3.05, 3.63) is 58.6 Å². The quantitative estimate of drug-likeness (QED) is 0.161. The first kappa shape index (κ1) is 40.8. The van der Waals surface area contributed by atoms with Crippen molar-refractivity contribution in [2.45, 2.75) is 66.2 Å². The van der Waals surface area contributed by atoms with E-state index in [1.807, 2.05) is 20.8 Å². The SMILES string of the molecule is CC(C)(C)OC(=O)NCCOCCOCCOCCOCCOc1ccc(C(=O)NC2C(C)(C)C(Oc3ccc(C#N)c(Cl)c3)C2(C)C)cc1. The fourth-order valence-corrected chi connectivity index (χ4v) is 6.25. The van der Waals surface area contributed by atoms with Gasteiger partial charge in [-0.1, -0.05) is 39.3 Å². The monoisotopic (exact) mass is 717 g/mol. The van der Waals surface area contributed by atoms with Crippen LogP contribution in [0.1, 0.15) is 64.4 Å². The van der Waals surface area contributed by atoms with E-state index in [-0.39, 0.29) is 28.9 Å². The van der Waals surface area contributed by atoms with Crippen molar-refractivity contribution in [1.82, 2.24) is 10.6 Å². The third-order valence-electron chi connectivity index (χ3n) is 8.07. The molecule has 276 valence electrons. The topological polar surface area (TPSA) is 147 Å². The highest BCUT2D eigenvalue weighted by molar-refractivity contribution is 6.31. The van der Waals surface area contributed by atoms with Crippen molar-refractivity contribution >= 4 is 23.6 Å². The Morgan fingerprint density at radius 2 is 1.32 bits per heavy atom. The van der Waals surface area contributed by atoms with Gasteiger partial charge in [0.25, 0.3) is 5.91 Å². The summed E-state index contributed by atoms with van der Waals surface area (Å²) in [5.74, 6) is 1.05. The molecule has 0 atom stereocenters. The van der Waals surface area contributed by atoms with Gasteiger partial charge in [-0.25, -0.2) is 4.79 Å². The van der Waals surface area contributed by atoms with E-state index in [0.29, 0.717) is 93.7 Å². The Morgan fingerprint density at radius 3 is 1.84 bits per heavy atom. The molecule has 0 spiro atoms. The number of ether oxygens (including phenoxy) is 7. The lowest BCUT2D eigenvalue weighted by molar-refractivity contribution is -0.164. The van der Waals surface area contributed by atoms with Crippen LogP contribution in [-0.2, 0) is 23.7 Å². The molecule has 0 radical (unpaired) electrons. The average Bonchev–Trinajstić information content (AvgIpc) is 3.05. The summed E-state index contributed by atoms with van der Waals surface area (Å²) in [7, 11) is 0. The van der Waals surface area contributed by atoms with Crippen LogP contribution in [0.5, 0.6) is 11.5 Å². The van der Waals surface area contributed by atoms with Crippen LogP contribution in [0, 0.1) is 22.2 Å². The van der Waals surface area contributed by atoms with Gasteiger partial charge < -0.3 is 43.8 Å². The molecular formula is C37H52ClN3O9. The molecule has 3 rings (SSSR count). The maximum Gasteiger partial charge on any atom is 0.407 e. The van der Waals surface area contributed by atoms with E-state index >= 15 is 0 Å².